The smallest absolute Gasteiger partial charge is 0.244 e. The van der Waals surface area contributed by atoms with E-state index in [2.05, 4.69) is 17.4 Å². The summed E-state index contributed by atoms with van der Waals surface area (Å²) in [5.74, 6) is 0.0546. The molecular weight excluding hydrogens is 264 g/mol. The monoisotopic (exact) mass is 288 g/mol. The predicted molar refractivity (Wildman–Crippen MR) is 81.7 cm³/mol. The summed E-state index contributed by atoms with van der Waals surface area (Å²) in [5.41, 5.74) is 0.730. The van der Waals surface area contributed by atoms with Gasteiger partial charge < -0.3 is 10.0 Å². The zero-order chi connectivity index (χ0) is 14.9. The Labute approximate surface area is 126 Å². The van der Waals surface area contributed by atoms with Gasteiger partial charge in [-0.2, -0.15) is 0 Å². The van der Waals surface area contributed by atoms with Crippen LogP contribution in [0.15, 0.2) is 30.3 Å². The first kappa shape index (κ1) is 14.5. The number of likely N-dealkylation sites (N-methyl/N-ethyl adjacent to an activating group) is 1. The highest BCUT2D eigenvalue weighted by Crippen LogP contribution is 2.34. The molecule has 4 heteroatoms. The molecular formula is C17H24N2O2. The van der Waals surface area contributed by atoms with E-state index in [1.807, 2.05) is 18.2 Å². The number of aliphatic hydroxyl groups excluding tert-OH is 1. The third kappa shape index (κ3) is 2.70. The van der Waals surface area contributed by atoms with Crippen LogP contribution in [0.2, 0.25) is 0 Å². The predicted octanol–water partition coefficient (Wildman–Crippen LogP) is 1.68. The summed E-state index contributed by atoms with van der Waals surface area (Å²) in [6.45, 7) is 0. The van der Waals surface area contributed by atoms with E-state index >= 15 is 0 Å². The second-order valence-electron chi connectivity index (χ2n) is 6.41. The molecule has 1 spiro atoms. The van der Waals surface area contributed by atoms with Crippen LogP contribution in [0.4, 0.5) is 0 Å². The molecule has 1 amide bonds. The molecule has 0 unspecified atom stereocenters. The Kier molecular flexibility index (Phi) is 4.00. The molecule has 2 aliphatic rings. The van der Waals surface area contributed by atoms with Gasteiger partial charge in [0, 0.05) is 7.05 Å². The summed E-state index contributed by atoms with van der Waals surface area (Å²) in [6.07, 6.45) is 5.11. The van der Waals surface area contributed by atoms with Crippen molar-refractivity contribution in [1.29, 1.82) is 0 Å². The molecule has 1 aromatic rings. The summed E-state index contributed by atoms with van der Waals surface area (Å²) >= 11 is 0. The standard InChI is InChI=1S/C17H24N2O2/c1-19-15(20)14(12-13-8-4-2-5-9-13)18-17(16(19)21)10-6-3-7-11-17/h2,4-5,8-9,14-15,18,20H,3,6-7,10-12H2,1H3/t14-,15-/m0/s1. The van der Waals surface area contributed by atoms with Gasteiger partial charge >= 0.3 is 0 Å². The molecule has 4 nitrogen and oxygen atoms in total. The van der Waals surface area contributed by atoms with Crippen LogP contribution in [-0.4, -0.2) is 40.8 Å². The van der Waals surface area contributed by atoms with Crippen molar-refractivity contribution in [2.75, 3.05) is 7.05 Å². The van der Waals surface area contributed by atoms with Crippen LogP contribution in [0, 0.1) is 0 Å². The van der Waals surface area contributed by atoms with Crippen molar-refractivity contribution >= 4 is 5.91 Å². The van der Waals surface area contributed by atoms with Crippen LogP contribution < -0.4 is 5.32 Å². The second-order valence-corrected chi connectivity index (χ2v) is 6.41. The van der Waals surface area contributed by atoms with E-state index < -0.39 is 11.8 Å². The molecule has 0 radical (unpaired) electrons. The number of amides is 1. The molecule has 2 N–H and O–H groups in total. The minimum absolute atomic E-state index is 0.0546. The van der Waals surface area contributed by atoms with Gasteiger partial charge in [0.1, 0.15) is 6.23 Å². The van der Waals surface area contributed by atoms with E-state index in [-0.39, 0.29) is 11.9 Å². The first-order valence-corrected chi connectivity index (χ1v) is 7.89. The number of nitrogens with zero attached hydrogens (tertiary/aromatic N) is 1. The molecule has 21 heavy (non-hydrogen) atoms. The fourth-order valence-electron chi connectivity index (χ4n) is 3.76. The van der Waals surface area contributed by atoms with E-state index in [4.69, 9.17) is 0 Å². The van der Waals surface area contributed by atoms with E-state index in [0.717, 1.165) is 32.1 Å². The summed E-state index contributed by atoms with van der Waals surface area (Å²) in [5, 5.41) is 13.9. The normalized spacial score (nSPS) is 28.9. The zero-order valence-corrected chi connectivity index (χ0v) is 12.6. The highest BCUT2D eigenvalue weighted by atomic mass is 16.3. The number of piperazine rings is 1. The molecule has 1 saturated heterocycles. The molecule has 1 aliphatic heterocycles. The van der Waals surface area contributed by atoms with Crippen LogP contribution in [0.5, 0.6) is 0 Å². The fraction of sp³-hybridized carbons (Fsp3) is 0.588. The van der Waals surface area contributed by atoms with Gasteiger partial charge in [-0.15, -0.1) is 0 Å². The Balaban J connectivity index is 1.81. The highest BCUT2D eigenvalue weighted by Gasteiger charge is 2.49. The summed E-state index contributed by atoms with van der Waals surface area (Å²) in [4.78, 5) is 14.2. The van der Waals surface area contributed by atoms with E-state index in [1.165, 1.54) is 16.9 Å². The lowest BCUT2D eigenvalue weighted by atomic mass is 9.77. The Morgan fingerprint density at radius 2 is 1.90 bits per heavy atom. The molecule has 1 aliphatic carbocycles. The molecule has 3 rings (SSSR count). The van der Waals surface area contributed by atoms with Crippen molar-refractivity contribution in [1.82, 2.24) is 10.2 Å². The van der Waals surface area contributed by atoms with Crippen LogP contribution >= 0.6 is 0 Å². The topological polar surface area (TPSA) is 52.6 Å². The average Bonchev–Trinajstić information content (AvgIpc) is 2.53. The van der Waals surface area contributed by atoms with Gasteiger partial charge in [-0.05, 0) is 24.8 Å². The number of aliphatic hydroxyl groups is 1. The van der Waals surface area contributed by atoms with Gasteiger partial charge in [-0.25, -0.2) is 0 Å². The van der Waals surface area contributed by atoms with E-state index in [9.17, 15) is 9.90 Å². The fourth-order valence-corrected chi connectivity index (χ4v) is 3.76. The van der Waals surface area contributed by atoms with Crippen molar-refractivity contribution < 1.29 is 9.90 Å². The summed E-state index contributed by atoms with van der Waals surface area (Å²) in [7, 11) is 1.72. The average molecular weight is 288 g/mol. The maximum Gasteiger partial charge on any atom is 0.244 e. The largest absolute Gasteiger partial charge is 0.372 e. The SMILES string of the molecule is CN1C(=O)C2(CCCCC2)N[C@@H](Cc2ccccc2)[C@@H]1O. The maximum absolute atomic E-state index is 12.6. The number of carbonyl (C=O) groups is 1. The van der Waals surface area contributed by atoms with Crippen molar-refractivity contribution in [3.8, 4) is 0 Å². The minimum atomic E-state index is -0.759. The number of rotatable bonds is 2. The van der Waals surface area contributed by atoms with Crippen molar-refractivity contribution in [3.63, 3.8) is 0 Å². The van der Waals surface area contributed by atoms with Gasteiger partial charge in [0.2, 0.25) is 5.91 Å². The van der Waals surface area contributed by atoms with E-state index in [0.29, 0.717) is 0 Å². The maximum atomic E-state index is 12.6. The lowest BCUT2D eigenvalue weighted by molar-refractivity contribution is -0.160. The number of hydrogen-bond acceptors (Lipinski definition) is 3. The van der Waals surface area contributed by atoms with Crippen LogP contribution in [0.1, 0.15) is 37.7 Å². The van der Waals surface area contributed by atoms with Gasteiger partial charge in [0.15, 0.2) is 0 Å². The Hall–Kier alpha value is -1.39. The Bertz CT molecular complexity index is 497. The highest BCUT2D eigenvalue weighted by molar-refractivity contribution is 5.87. The van der Waals surface area contributed by atoms with Crippen LogP contribution in [0.25, 0.3) is 0 Å². The number of hydrogen-bond donors (Lipinski definition) is 2. The third-order valence-electron chi connectivity index (χ3n) is 4.95. The third-order valence-corrected chi connectivity index (χ3v) is 4.95. The lowest BCUT2D eigenvalue weighted by Crippen LogP contribution is -2.72. The number of carbonyl (C=O) groups excluding carboxylic acids is 1. The van der Waals surface area contributed by atoms with Crippen LogP contribution in [-0.2, 0) is 11.2 Å². The van der Waals surface area contributed by atoms with Gasteiger partial charge in [-0.1, -0.05) is 49.6 Å². The molecule has 1 saturated carbocycles. The summed E-state index contributed by atoms with van der Waals surface area (Å²) < 4.78 is 0. The lowest BCUT2D eigenvalue weighted by Gasteiger charge is -2.49. The van der Waals surface area contributed by atoms with Crippen molar-refractivity contribution in [3.05, 3.63) is 35.9 Å². The minimum Gasteiger partial charge on any atom is -0.372 e. The van der Waals surface area contributed by atoms with Crippen molar-refractivity contribution in [2.45, 2.75) is 56.3 Å². The zero-order valence-electron chi connectivity index (χ0n) is 12.6. The second kappa shape index (κ2) is 5.78. The Morgan fingerprint density at radius 1 is 1.24 bits per heavy atom. The molecule has 2 atom stereocenters. The van der Waals surface area contributed by atoms with E-state index in [1.54, 1.807) is 7.05 Å². The first-order valence-electron chi connectivity index (χ1n) is 7.89. The van der Waals surface area contributed by atoms with Gasteiger partial charge in [-0.3, -0.25) is 10.1 Å². The molecule has 0 aromatic heterocycles. The van der Waals surface area contributed by atoms with Gasteiger partial charge in [0.05, 0.1) is 11.6 Å². The first-order chi connectivity index (χ1) is 10.1. The molecule has 114 valence electrons. The molecule has 2 fully saturated rings. The molecule has 1 heterocycles. The van der Waals surface area contributed by atoms with Crippen molar-refractivity contribution in [2.24, 2.45) is 0 Å². The quantitative estimate of drug-likeness (QED) is 0.870. The number of nitrogens with one attached hydrogen (secondary N) is 1. The number of benzene rings is 1. The Morgan fingerprint density at radius 3 is 2.57 bits per heavy atom. The molecule has 0 bridgehead atoms. The summed E-state index contributed by atoms with van der Waals surface area (Å²) in [6, 6.07) is 10.0. The molecule has 1 aromatic carbocycles. The van der Waals surface area contributed by atoms with Gasteiger partial charge in [0.25, 0.3) is 0 Å². The van der Waals surface area contributed by atoms with Crippen LogP contribution in [0.3, 0.4) is 0 Å².